The second-order valence-corrected chi connectivity index (χ2v) is 6.14. The SMILES string of the molecule is O=C(CNCC1CCC2(CCCC2)O1)NC1CC1. The Morgan fingerprint density at radius 2 is 1.94 bits per heavy atom. The predicted octanol–water partition coefficient (Wildman–Crippen LogP) is 1.35. The minimum absolute atomic E-state index is 0.131. The molecule has 2 saturated carbocycles. The fourth-order valence-corrected chi connectivity index (χ4v) is 3.28. The molecule has 1 saturated heterocycles. The van der Waals surface area contributed by atoms with Crippen LogP contribution in [0.4, 0.5) is 0 Å². The van der Waals surface area contributed by atoms with Crippen LogP contribution in [0, 0.1) is 0 Å². The van der Waals surface area contributed by atoms with Crippen LogP contribution in [-0.4, -0.2) is 36.7 Å². The first-order chi connectivity index (χ1) is 8.76. The lowest BCUT2D eigenvalue weighted by Crippen LogP contribution is -2.38. The van der Waals surface area contributed by atoms with Crippen LogP contribution in [0.3, 0.4) is 0 Å². The Labute approximate surface area is 109 Å². The van der Waals surface area contributed by atoms with Crippen LogP contribution in [0.2, 0.25) is 0 Å². The fraction of sp³-hybridized carbons (Fsp3) is 0.929. The highest BCUT2D eigenvalue weighted by molar-refractivity contribution is 5.78. The van der Waals surface area contributed by atoms with E-state index in [0.29, 0.717) is 18.7 Å². The summed E-state index contributed by atoms with van der Waals surface area (Å²) >= 11 is 0. The Morgan fingerprint density at radius 3 is 2.67 bits per heavy atom. The topological polar surface area (TPSA) is 50.4 Å². The highest BCUT2D eigenvalue weighted by Crippen LogP contribution is 2.43. The van der Waals surface area contributed by atoms with Crippen LogP contribution in [-0.2, 0) is 9.53 Å². The Balaban J connectivity index is 1.32. The number of rotatable bonds is 5. The molecule has 0 aromatic rings. The highest BCUT2D eigenvalue weighted by atomic mass is 16.5. The Hall–Kier alpha value is -0.610. The quantitative estimate of drug-likeness (QED) is 0.776. The van der Waals surface area contributed by atoms with Crippen molar-refractivity contribution in [3.8, 4) is 0 Å². The first-order valence-corrected chi connectivity index (χ1v) is 7.44. The molecular formula is C14H24N2O2. The van der Waals surface area contributed by atoms with Gasteiger partial charge in [0.2, 0.25) is 5.91 Å². The van der Waals surface area contributed by atoms with Gasteiger partial charge in [-0.3, -0.25) is 4.79 Å². The second kappa shape index (κ2) is 5.17. The van der Waals surface area contributed by atoms with Crippen molar-refractivity contribution in [3.05, 3.63) is 0 Å². The van der Waals surface area contributed by atoms with E-state index in [9.17, 15) is 4.79 Å². The van der Waals surface area contributed by atoms with Gasteiger partial charge in [0, 0.05) is 12.6 Å². The molecule has 3 aliphatic rings. The van der Waals surface area contributed by atoms with Crippen molar-refractivity contribution < 1.29 is 9.53 Å². The monoisotopic (exact) mass is 252 g/mol. The van der Waals surface area contributed by atoms with Crippen molar-refractivity contribution >= 4 is 5.91 Å². The molecule has 3 rings (SSSR count). The number of ether oxygens (including phenoxy) is 1. The summed E-state index contributed by atoms with van der Waals surface area (Å²) in [4.78, 5) is 11.5. The summed E-state index contributed by atoms with van der Waals surface area (Å²) in [5, 5.41) is 6.22. The van der Waals surface area contributed by atoms with E-state index in [2.05, 4.69) is 10.6 Å². The molecule has 3 fully saturated rings. The van der Waals surface area contributed by atoms with Crippen molar-refractivity contribution in [1.29, 1.82) is 0 Å². The molecule has 1 spiro atoms. The van der Waals surface area contributed by atoms with E-state index in [-0.39, 0.29) is 11.5 Å². The van der Waals surface area contributed by atoms with E-state index >= 15 is 0 Å². The molecule has 2 N–H and O–H groups in total. The van der Waals surface area contributed by atoms with Gasteiger partial charge in [0.1, 0.15) is 0 Å². The number of carbonyl (C=O) groups is 1. The van der Waals surface area contributed by atoms with Crippen LogP contribution in [0.5, 0.6) is 0 Å². The molecule has 1 amide bonds. The van der Waals surface area contributed by atoms with Gasteiger partial charge in [-0.2, -0.15) is 0 Å². The van der Waals surface area contributed by atoms with Gasteiger partial charge in [0.05, 0.1) is 18.2 Å². The maximum atomic E-state index is 11.5. The zero-order chi connectivity index (χ0) is 12.4. The van der Waals surface area contributed by atoms with Crippen LogP contribution in [0.25, 0.3) is 0 Å². The third kappa shape index (κ3) is 3.04. The van der Waals surface area contributed by atoms with Gasteiger partial charge in [-0.05, 0) is 38.5 Å². The zero-order valence-corrected chi connectivity index (χ0v) is 11.0. The summed E-state index contributed by atoms with van der Waals surface area (Å²) in [5.74, 6) is 0.131. The average molecular weight is 252 g/mol. The van der Waals surface area contributed by atoms with E-state index in [1.165, 1.54) is 32.1 Å². The lowest BCUT2D eigenvalue weighted by Gasteiger charge is -2.23. The van der Waals surface area contributed by atoms with E-state index in [0.717, 1.165) is 25.8 Å². The Bertz CT molecular complexity index is 309. The molecule has 4 nitrogen and oxygen atoms in total. The minimum atomic E-state index is 0.131. The molecule has 0 aromatic carbocycles. The number of carbonyl (C=O) groups excluding carboxylic acids is 1. The van der Waals surface area contributed by atoms with Gasteiger partial charge in [0.25, 0.3) is 0 Å². The lowest BCUT2D eigenvalue weighted by atomic mass is 9.98. The summed E-state index contributed by atoms with van der Waals surface area (Å²) < 4.78 is 6.19. The molecule has 1 aliphatic heterocycles. The number of hydrogen-bond acceptors (Lipinski definition) is 3. The second-order valence-electron chi connectivity index (χ2n) is 6.14. The summed E-state index contributed by atoms with van der Waals surface area (Å²) in [7, 11) is 0. The first kappa shape index (κ1) is 12.4. The Morgan fingerprint density at radius 1 is 1.17 bits per heavy atom. The van der Waals surface area contributed by atoms with E-state index in [1.54, 1.807) is 0 Å². The molecule has 0 bridgehead atoms. The van der Waals surface area contributed by atoms with Crippen LogP contribution >= 0.6 is 0 Å². The molecule has 1 heterocycles. The smallest absolute Gasteiger partial charge is 0.234 e. The summed E-state index contributed by atoms with van der Waals surface area (Å²) in [6.45, 7) is 1.25. The van der Waals surface area contributed by atoms with Crippen LogP contribution in [0.15, 0.2) is 0 Å². The number of hydrogen-bond donors (Lipinski definition) is 2. The van der Waals surface area contributed by atoms with E-state index in [1.807, 2.05) is 0 Å². The molecule has 4 heteroatoms. The molecule has 1 unspecified atom stereocenters. The van der Waals surface area contributed by atoms with Crippen molar-refractivity contribution in [2.24, 2.45) is 0 Å². The summed E-state index contributed by atoms with van der Waals surface area (Å²) in [6.07, 6.45) is 10.1. The largest absolute Gasteiger partial charge is 0.370 e. The maximum Gasteiger partial charge on any atom is 0.234 e. The van der Waals surface area contributed by atoms with E-state index < -0.39 is 0 Å². The third-order valence-electron chi connectivity index (χ3n) is 4.45. The normalized spacial score (nSPS) is 29.9. The van der Waals surface area contributed by atoms with Gasteiger partial charge in [-0.25, -0.2) is 0 Å². The van der Waals surface area contributed by atoms with Gasteiger partial charge in [0.15, 0.2) is 0 Å². The number of nitrogens with one attached hydrogen (secondary N) is 2. The highest BCUT2D eigenvalue weighted by Gasteiger charge is 2.41. The van der Waals surface area contributed by atoms with Crippen LogP contribution < -0.4 is 10.6 Å². The average Bonchev–Trinajstić information content (AvgIpc) is 2.91. The molecular weight excluding hydrogens is 228 g/mol. The molecule has 0 aromatic heterocycles. The fourth-order valence-electron chi connectivity index (χ4n) is 3.28. The summed E-state index contributed by atoms with van der Waals surface area (Å²) in [5.41, 5.74) is 0.211. The van der Waals surface area contributed by atoms with Crippen molar-refractivity contribution in [3.63, 3.8) is 0 Å². The molecule has 2 aliphatic carbocycles. The molecule has 18 heavy (non-hydrogen) atoms. The van der Waals surface area contributed by atoms with Crippen LogP contribution in [0.1, 0.15) is 51.4 Å². The van der Waals surface area contributed by atoms with Crippen molar-refractivity contribution in [2.45, 2.75) is 69.1 Å². The summed E-state index contributed by atoms with van der Waals surface area (Å²) in [6, 6.07) is 0.462. The molecule has 102 valence electrons. The maximum absolute atomic E-state index is 11.5. The van der Waals surface area contributed by atoms with Gasteiger partial charge >= 0.3 is 0 Å². The lowest BCUT2D eigenvalue weighted by molar-refractivity contribution is -0.120. The van der Waals surface area contributed by atoms with Crippen molar-refractivity contribution in [2.75, 3.05) is 13.1 Å². The standard InChI is InChI=1S/C14H24N2O2/c17-13(16-11-3-4-11)10-15-9-12-5-8-14(18-12)6-1-2-7-14/h11-12,15H,1-10H2,(H,16,17). The predicted molar refractivity (Wildman–Crippen MR) is 69.3 cm³/mol. The zero-order valence-electron chi connectivity index (χ0n) is 11.0. The third-order valence-corrected chi connectivity index (χ3v) is 4.45. The first-order valence-electron chi connectivity index (χ1n) is 7.44. The molecule has 1 atom stereocenters. The van der Waals surface area contributed by atoms with Gasteiger partial charge in [-0.15, -0.1) is 0 Å². The van der Waals surface area contributed by atoms with E-state index in [4.69, 9.17) is 4.74 Å². The molecule has 0 radical (unpaired) electrons. The van der Waals surface area contributed by atoms with Gasteiger partial charge in [-0.1, -0.05) is 12.8 Å². The number of amides is 1. The van der Waals surface area contributed by atoms with Crippen molar-refractivity contribution in [1.82, 2.24) is 10.6 Å². The van der Waals surface area contributed by atoms with Gasteiger partial charge < -0.3 is 15.4 Å². The Kier molecular flexibility index (Phi) is 3.57. The minimum Gasteiger partial charge on any atom is -0.370 e.